The zero-order chi connectivity index (χ0) is 20.8. The summed E-state index contributed by atoms with van der Waals surface area (Å²) >= 11 is 0. The van der Waals surface area contributed by atoms with Crippen LogP contribution in [0.25, 0.3) is 33.0 Å². The van der Waals surface area contributed by atoms with E-state index >= 15 is 0 Å². The highest BCUT2D eigenvalue weighted by Gasteiger charge is 2.29. The number of nitrogens with zero attached hydrogens (tertiary/aromatic N) is 2. The largest absolute Gasteiger partial charge is 0.370 e. The van der Waals surface area contributed by atoms with Crippen molar-refractivity contribution in [2.75, 3.05) is 18.0 Å². The molecule has 0 aromatic heterocycles. The molecule has 4 aromatic carbocycles. The first-order valence-electron chi connectivity index (χ1n) is 11.3. The van der Waals surface area contributed by atoms with Gasteiger partial charge < -0.3 is 4.90 Å². The second kappa shape index (κ2) is 7.29. The molecule has 2 aliphatic rings. The highest BCUT2D eigenvalue weighted by Crippen LogP contribution is 2.48. The molecule has 0 bridgehead atoms. The Morgan fingerprint density at radius 2 is 1.52 bits per heavy atom. The van der Waals surface area contributed by atoms with Crippen molar-refractivity contribution in [2.24, 2.45) is 0 Å². The Morgan fingerprint density at radius 3 is 2.35 bits per heavy atom. The number of benzene rings is 4. The van der Waals surface area contributed by atoms with Crippen molar-refractivity contribution in [3.05, 3.63) is 89.5 Å². The van der Waals surface area contributed by atoms with Crippen LogP contribution in [0.1, 0.15) is 36.0 Å². The third-order valence-corrected chi connectivity index (χ3v) is 6.93. The van der Waals surface area contributed by atoms with Crippen molar-refractivity contribution in [2.45, 2.75) is 25.7 Å². The number of hydrogen-bond acceptors (Lipinski definition) is 2. The highest BCUT2D eigenvalue weighted by atomic mass is 15.1. The molecular weight excluding hydrogens is 376 g/mol. The van der Waals surface area contributed by atoms with Crippen molar-refractivity contribution in [1.29, 1.82) is 5.26 Å². The van der Waals surface area contributed by atoms with Crippen molar-refractivity contribution < 1.29 is 0 Å². The molecule has 0 amide bonds. The minimum atomic E-state index is 0.844. The minimum absolute atomic E-state index is 0.844. The lowest BCUT2D eigenvalue weighted by Crippen LogP contribution is -2.30. The van der Waals surface area contributed by atoms with Crippen LogP contribution in [0.4, 0.5) is 5.69 Å². The van der Waals surface area contributed by atoms with E-state index in [0.29, 0.717) is 0 Å². The van der Waals surface area contributed by atoms with Crippen LogP contribution in [0.15, 0.2) is 72.8 Å². The number of hydrogen-bond donors (Lipinski definition) is 0. The minimum Gasteiger partial charge on any atom is -0.370 e. The molecule has 150 valence electrons. The Labute approximate surface area is 183 Å². The Bertz CT molecular complexity index is 1350. The third kappa shape index (κ3) is 2.93. The summed E-state index contributed by atoms with van der Waals surface area (Å²) in [6.07, 6.45) is 4.53. The SMILES string of the molecule is N#Cc1c(N2CCCCC2)cc(-c2ccc3ccccc3c2)c2c1Cc1ccccc1-2. The van der Waals surface area contributed by atoms with Crippen LogP contribution < -0.4 is 4.90 Å². The van der Waals surface area contributed by atoms with E-state index in [-0.39, 0.29) is 0 Å². The van der Waals surface area contributed by atoms with E-state index in [4.69, 9.17) is 0 Å². The van der Waals surface area contributed by atoms with Gasteiger partial charge >= 0.3 is 0 Å². The quantitative estimate of drug-likeness (QED) is 0.321. The fraction of sp³-hybridized carbons (Fsp3) is 0.207. The fourth-order valence-electron chi connectivity index (χ4n) is 5.41. The molecule has 1 heterocycles. The second-order valence-electron chi connectivity index (χ2n) is 8.73. The first-order valence-corrected chi connectivity index (χ1v) is 11.3. The average Bonchev–Trinajstić information content (AvgIpc) is 3.23. The molecule has 0 saturated carbocycles. The first-order chi connectivity index (χ1) is 15.3. The molecule has 0 atom stereocenters. The van der Waals surface area contributed by atoms with Gasteiger partial charge in [0.25, 0.3) is 0 Å². The smallest absolute Gasteiger partial charge is 0.102 e. The highest BCUT2D eigenvalue weighted by molar-refractivity contribution is 5.97. The lowest BCUT2D eigenvalue weighted by molar-refractivity contribution is 0.577. The zero-order valence-electron chi connectivity index (χ0n) is 17.6. The Hall–Kier alpha value is -3.57. The number of piperidine rings is 1. The molecule has 0 N–H and O–H groups in total. The van der Waals surface area contributed by atoms with Crippen molar-refractivity contribution in [3.63, 3.8) is 0 Å². The van der Waals surface area contributed by atoms with E-state index in [9.17, 15) is 5.26 Å². The van der Waals surface area contributed by atoms with Crippen molar-refractivity contribution in [1.82, 2.24) is 0 Å². The zero-order valence-corrected chi connectivity index (χ0v) is 17.6. The van der Waals surface area contributed by atoms with E-state index < -0.39 is 0 Å². The van der Waals surface area contributed by atoms with Crippen LogP contribution in [0, 0.1) is 11.3 Å². The van der Waals surface area contributed by atoms with Gasteiger partial charge in [0.05, 0.1) is 11.3 Å². The average molecular weight is 401 g/mol. The lowest BCUT2D eigenvalue weighted by atomic mass is 9.89. The standard InChI is InChI=1S/C29H24N2/c30-19-27-26-17-22-10-4-5-11-24(22)29(26)25(18-28(27)31-14-6-1-7-15-31)23-13-12-20-8-2-3-9-21(20)16-23/h2-5,8-13,16,18H,1,6-7,14-15,17H2. The van der Waals surface area contributed by atoms with Crippen molar-refractivity contribution in [3.8, 4) is 28.3 Å². The third-order valence-electron chi connectivity index (χ3n) is 6.93. The molecule has 4 aromatic rings. The van der Waals surface area contributed by atoms with Gasteiger partial charge in [0.15, 0.2) is 0 Å². The van der Waals surface area contributed by atoms with Gasteiger partial charge in [-0.1, -0.05) is 60.7 Å². The summed E-state index contributed by atoms with van der Waals surface area (Å²) in [4.78, 5) is 2.44. The molecule has 31 heavy (non-hydrogen) atoms. The first kappa shape index (κ1) is 18.2. The fourth-order valence-corrected chi connectivity index (χ4v) is 5.41. The Morgan fingerprint density at radius 1 is 0.742 bits per heavy atom. The summed E-state index contributed by atoms with van der Waals surface area (Å²) < 4.78 is 0. The molecule has 0 radical (unpaired) electrons. The predicted octanol–water partition coefficient (Wildman–Crippen LogP) is 6.94. The van der Waals surface area contributed by atoms with Gasteiger partial charge in [-0.05, 0) is 75.5 Å². The molecule has 0 spiro atoms. The molecule has 1 fully saturated rings. The van der Waals surface area contributed by atoms with E-state index in [0.717, 1.165) is 30.8 Å². The molecule has 6 rings (SSSR count). The summed E-state index contributed by atoms with van der Waals surface area (Å²) in [6, 6.07) is 28.8. The van der Waals surface area contributed by atoms with Crippen LogP contribution in [-0.4, -0.2) is 13.1 Å². The van der Waals surface area contributed by atoms with Gasteiger partial charge in [-0.3, -0.25) is 0 Å². The lowest BCUT2D eigenvalue weighted by Gasteiger charge is -2.31. The topological polar surface area (TPSA) is 27.0 Å². The van der Waals surface area contributed by atoms with Gasteiger partial charge in [-0.15, -0.1) is 0 Å². The number of anilines is 1. The van der Waals surface area contributed by atoms with E-state index in [1.165, 1.54) is 63.4 Å². The Balaban J connectivity index is 1.64. The van der Waals surface area contributed by atoms with Crippen LogP contribution >= 0.6 is 0 Å². The maximum Gasteiger partial charge on any atom is 0.102 e. The number of fused-ring (bicyclic) bond motifs is 4. The summed E-state index contributed by atoms with van der Waals surface area (Å²) in [5, 5.41) is 12.7. The van der Waals surface area contributed by atoms with Gasteiger partial charge in [-0.25, -0.2) is 0 Å². The van der Waals surface area contributed by atoms with Gasteiger partial charge in [0, 0.05) is 19.5 Å². The molecule has 0 unspecified atom stereocenters. The Kier molecular flexibility index (Phi) is 4.28. The van der Waals surface area contributed by atoms with Crippen LogP contribution in [0.3, 0.4) is 0 Å². The van der Waals surface area contributed by atoms with E-state index in [2.05, 4.69) is 83.8 Å². The van der Waals surface area contributed by atoms with Gasteiger partial charge in [0.1, 0.15) is 6.07 Å². The second-order valence-corrected chi connectivity index (χ2v) is 8.73. The molecule has 2 heteroatoms. The molecule has 1 aliphatic carbocycles. The summed E-state index contributed by atoms with van der Waals surface area (Å²) in [7, 11) is 0. The molecule has 2 nitrogen and oxygen atoms in total. The maximum atomic E-state index is 10.2. The number of nitriles is 1. The monoisotopic (exact) mass is 400 g/mol. The van der Waals surface area contributed by atoms with Crippen LogP contribution in [0.2, 0.25) is 0 Å². The molecule has 1 saturated heterocycles. The predicted molar refractivity (Wildman–Crippen MR) is 128 cm³/mol. The van der Waals surface area contributed by atoms with Gasteiger partial charge in [-0.2, -0.15) is 5.26 Å². The molecular formula is C29H24N2. The van der Waals surface area contributed by atoms with Crippen molar-refractivity contribution >= 4 is 16.5 Å². The van der Waals surface area contributed by atoms with Crippen LogP contribution in [-0.2, 0) is 6.42 Å². The summed E-state index contributed by atoms with van der Waals surface area (Å²) in [5.41, 5.74) is 9.54. The van der Waals surface area contributed by atoms with Crippen LogP contribution in [0.5, 0.6) is 0 Å². The normalized spacial score (nSPS) is 14.9. The molecule has 1 aliphatic heterocycles. The summed E-state index contributed by atoms with van der Waals surface area (Å²) in [6.45, 7) is 2.08. The summed E-state index contributed by atoms with van der Waals surface area (Å²) in [5.74, 6) is 0. The van der Waals surface area contributed by atoms with E-state index in [1.807, 2.05) is 0 Å². The maximum absolute atomic E-state index is 10.2. The van der Waals surface area contributed by atoms with Gasteiger partial charge in [0.2, 0.25) is 0 Å². The number of rotatable bonds is 2. The van der Waals surface area contributed by atoms with E-state index in [1.54, 1.807) is 0 Å².